The third kappa shape index (κ3) is 8.12. The van der Waals surface area contributed by atoms with Crippen molar-refractivity contribution in [1.82, 2.24) is 5.32 Å². The highest BCUT2D eigenvalue weighted by atomic mass is 35.5. The predicted molar refractivity (Wildman–Crippen MR) is 168 cm³/mol. The molecule has 4 aromatic rings. The molecule has 4 rings (SSSR count). The summed E-state index contributed by atoms with van der Waals surface area (Å²) in [6, 6.07) is 25.0. The van der Waals surface area contributed by atoms with E-state index in [0.29, 0.717) is 22.6 Å². The van der Waals surface area contributed by atoms with E-state index in [1.54, 1.807) is 63.2 Å². The number of nitrogens with one attached hydrogen (secondary N) is 1. The van der Waals surface area contributed by atoms with E-state index in [9.17, 15) is 28.2 Å². The molecule has 0 spiro atoms. The summed E-state index contributed by atoms with van der Waals surface area (Å²) >= 11 is 6.08. The molecule has 10 heteroatoms. The first-order valence-corrected chi connectivity index (χ1v) is 15.8. The zero-order chi connectivity index (χ0) is 32.1. The summed E-state index contributed by atoms with van der Waals surface area (Å²) in [5.74, 6) is -1.97. The molecule has 4 aromatic carbocycles. The Labute approximate surface area is 262 Å². The molecule has 0 heterocycles. The van der Waals surface area contributed by atoms with Gasteiger partial charge in [0.1, 0.15) is 17.7 Å². The second kappa shape index (κ2) is 13.7. The van der Waals surface area contributed by atoms with Gasteiger partial charge in [0.15, 0.2) is 0 Å². The number of ether oxygens (including phenoxy) is 1. The van der Waals surface area contributed by atoms with Crippen LogP contribution in [0.25, 0.3) is 11.1 Å². The number of carbonyl (C=O) groups is 2. The molecular weight excluding hydrogens is 602 g/mol. The molecule has 0 aromatic heterocycles. The van der Waals surface area contributed by atoms with Gasteiger partial charge in [-0.2, -0.15) is 0 Å². The van der Waals surface area contributed by atoms with Crippen molar-refractivity contribution >= 4 is 33.4 Å². The van der Waals surface area contributed by atoms with Crippen molar-refractivity contribution in [2.24, 2.45) is 0 Å². The highest BCUT2D eigenvalue weighted by Gasteiger charge is 2.32. The third-order valence-electron chi connectivity index (χ3n) is 6.78. The number of aromatic carboxylic acids is 1. The van der Waals surface area contributed by atoms with Crippen molar-refractivity contribution in [3.8, 4) is 11.1 Å². The van der Waals surface area contributed by atoms with E-state index in [2.05, 4.69) is 5.32 Å². The van der Waals surface area contributed by atoms with E-state index >= 15 is 0 Å². The SMILES string of the molecule is CC(C)(C)OC(=O)C(NCCc1ccc(S(=O)(=O)c2ccc(-c3ccccc3)cc2C(=O)O)cc1)[C@H](O)c1cccc(Cl)c1. The lowest BCUT2D eigenvalue weighted by Gasteiger charge is -2.27. The molecule has 0 bridgehead atoms. The molecule has 0 aliphatic rings. The number of carboxylic acid groups (broad SMARTS) is 1. The molecule has 0 fully saturated rings. The van der Waals surface area contributed by atoms with E-state index < -0.39 is 39.5 Å². The predicted octanol–water partition coefficient (Wildman–Crippen LogP) is 6.11. The molecule has 0 radical (unpaired) electrons. The Hall–Kier alpha value is -4.02. The maximum atomic E-state index is 13.5. The Balaban J connectivity index is 1.50. The molecule has 44 heavy (non-hydrogen) atoms. The quantitative estimate of drug-likeness (QED) is 0.168. The summed E-state index contributed by atoms with van der Waals surface area (Å²) in [5, 5.41) is 24.3. The first-order valence-electron chi connectivity index (χ1n) is 13.9. The van der Waals surface area contributed by atoms with Gasteiger partial charge in [0.25, 0.3) is 0 Å². The van der Waals surface area contributed by atoms with Crippen LogP contribution in [0.5, 0.6) is 0 Å². The summed E-state index contributed by atoms with van der Waals surface area (Å²) in [7, 11) is -4.14. The highest BCUT2D eigenvalue weighted by Crippen LogP contribution is 2.29. The van der Waals surface area contributed by atoms with Crippen LogP contribution in [-0.2, 0) is 25.8 Å². The molecule has 8 nitrogen and oxygen atoms in total. The molecule has 2 atom stereocenters. The molecular formula is C34H34ClNO7S. The zero-order valence-electron chi connectivity index (χ0n) is 24.5. The average molecular weight is 636 g/mol. The topological polar surface area (TPSA) is 130 Å². The summed E-state index contributed by atoms with van der Waals surface area (Å²) < 4.78 is 32.5. The first kappa shape index (κ1) is 32.9. The fraction of sp³-hybridized carbons (Fsp3) is 0.235. The Morgan fingerprint density at radius 2 is 1.57 bits per heavy atom. The molecule has 3 N–H and O–H groups in total. The average Bonchev–Trinajstić information content (AvgIpc) is 2.98. The van der Waals surface area contributed by atoms with Crippen LogP contribution < -0.4 is 5.32 Å². The summed E-state index contributed by atoms with van der Waals surface area (Å²) in [4.78, 5) is 24.7. The number of hydrogen-bond acceptors (Lipinski definition) is 7. The van der Waals surface area contributed by atoms with Gasteiger partial charge in [-0.3, -0.25) is 4.79 Å². The minimum absolute atomic E-state index is 0.0489. The normalized spacial score (nSPS) is 13.2. The van der Waals surface area contributed by atoms with Crippen molar-refractivity contribution < 1.29 is 33.0 Å². The van der Waals surface area contributed by atoms with Gasteiger partial charge in [0.2, 0.25) is 9.84 Å². The zero-order valence-corrected chi connectivity index (χ0v) is 26.1. The largest absolute Gasteiger partial charge is 0.478 e. The lowest BCUT2D eigenvalue weighted by atomic mass is 10.0. The molecule has 230 valence electrons. The molecule has 0 aliphatic heterocycles. The third-order valence-corrected chi connectivity index (χ3v) is 8.85. The summed E-state index contributed by atoms with van der Waals surface area (Å²) in [5.41, 5.74) is 1.49. The van der Waals surface area contributed by atoms with Gasteiger partial charge in [0, 0.05) is 11.6 Å². The Morgan fingerprint density at radius 3 is 2.18 bits per heavy atom. The van der Waals surface area contributed by atoms with Crippen molar-refractivity contribution in [2.75, 3.05) is 6.54 Å². The van der Waals surface area contributed by atoms with E-state index in [4.69, 9.17) is 16.3 Å². The number of rotatable bonds is 11. The van der Waals surface area contributed by atoms with Crippen molar-refractivity contribution in [3.05, 3.63) is 119 Å². The van der Waals surface area contributed by atoms with Gasteiger partial charge in [0.05, 0.1) is 15.4 Å². The standard InChI is InChI=1S/C34H34ClNO7S/c1-34(2,3)43-33(40)30(31(37)25-10-7-11-26(35)20-25)36-19-18-22-12-15-27(16-13-22)44(41,42)29-17-14-24(21-28(29)32(38)39)23-8-5-4-6-9-23/h4-17,20-21,30-31,36-37H,18-19H2,1-3H3,(H,38,39)/t30?,31-/m1/s1. The smallest absolute Gasteiger partial charge is 0.337 e. The van der Waals surface area contributed by atoms with E-state index in [0.717, 1.165) is 11.1 Å². The number of carboxylic acids is 1. The van der Waals surface area contributed by atoms with Gasteiger partial charge in [-0.15, -0.1) is 0 Å². The lowest BCUT2D eigenvalue weighted by Crippen LogP contribution is -2.46. The van der Waals surface area contributed by atoms with Crippen LogP contribution in [0, 0.1) is 0 Å². The number of benzene rings is 4. The Morgan fingerprint density at radius 1 is 0.886 bits per heavy atom. The summed E-state index contributed by atoms with van der Waals surface area (Å²) in [6.45, 7) is 5.47. The molecule has 0 amide bonds. The van der Waals surface area contributed by atoms with Crippen LogP contribution >= 0.6 is 11.6 Å². The number of sulfone groups is 1. The van der Waals surface area contributed by atoms with Gasteiger partial charge in [-0.05, 0) is 85.8 Å². The molecule has 0 saturated carbocycles. The molecule has 0 saturated heterocycles. The van der Waals surface area contributed by atoms with Crippen molar-refractivity contribution in [1.29, 1.82) is 0 Å². The van der Waals surface area contributed by atoms with Gasteiger partial charge >= 0.3 is 11.9 Å². The van der Waals surface area contributed by atoms with Crippen molar-refractivity contribution in [3.63, 3.8) is 0 Å². The molecule has 0 aliphatic carbocycles. The fourth-order valence-electron chi connectivity index (χ4n) is 4.65. The maximum absolute atomic E-state index is 13.5. The van der Waals surface area contributed by atoms with Crippen LogP contribution in [0.2, 0.25) is 5.02 Å². The van der Waals surface area contributed by atoms with E-state index in [-0.39, 0.29) is 21.9 Å². The first-order chi connectivity index (χ1) is 20.8. The minimum atomic E-state index is -4.14. The Bertz CT molecular complexity index is 1730. The van der Waals surface area contributed by atoms with Gasteiger partial charge in [-0.1, -0.05) is 72.3 Å². The summed E-state index contributed by atoms with van der Waals surface area (Å²) in [6.07, 6.45) is -0.832. The second-order valence-corrected chi connectivity index (χ2v) is 13.6. The number of aliphatic hydroxyl groups excluding tert-OH is 1. The van der Waals surface area contributed by atoms with Crippen LogP contribution in [0.4, 0.5) is 0 Å². The van der Waals surface area contributed by atoms with Crippen LogP contribution in [-0.4, -0.2) is 48.8 Å². The number of esters is 1. The van der Waals surface area contributed by atoms with Crippen LogP contribution in [0.3, 0.4) is 0 Å². The van der Waals surface area contributed by atoms with E-state index in [1.807, 2.05) is 30.3 Å². The molecule has 1 unspecified atom stereocenters. The van der Waals surface area contributed by atoms with Crippen molar-refractivity contribution in [2.45, 2.75) is 54.7 Å². The van der Waals surface area contributed by atoms with Crippen LogP contribution in [0.15, 0.2) is 107 Å². The Kier molecular flexibility index (Phi) is 10.3. The van der Waals surface area contributed by atoms with Crippen LogP contribution in [0.1, 0.15) is 48.4 Å². The number of hydrogen-bond donors (Lipinski definition) is 3. The lowest BCUT2D eigenvalue weighted by molar-refractivity contribution is -0.160. The highest BCUT2D eigenvalue weighted by molar-refractivity contribution is 7.91. The monoisotopic (exact) mass is 635 g/mol. The number of carbonyl (C=O) groups excluding carboxylic acids is 1. The van der Waals surface area contributed by atoms with E-state index in [1.165, 1.54) is 24.3 Å². The van der Waals surface area contributed by atoms with Gasteiger partial charge < -0.3 is 20.3 Å². The number of aliphatic hydroxyl groups is 1. The minimum Gasteiger partial charge on any atom is -0.478 e. The van der Waals surface area contributed by atoms with Gasteiger partial charge in [-0.25, -0.2) is 13.2 Å². The second-order valence-electron chi connectivity index (χ2n) is 11.2. The fourth-order valence-corrected chi connectivity index (χ4v) is 6.28. The maximum Gasteiger partial charge on any atom is 0.337 e. The number of halogens is 1.